The van der Waals surface area contributed by atoms with Crippen LogP contribution < -0.4 is 0 Å². The predicted molar refractivity (Wildman–Crippen MR) is 83.5 cm³/mol. The lowest BCUT2D eigenvalue weighted by Gasteiger charge is -2.38. The van der Waals surface area contributed by atoms with E-state index >= 15 is 0 Å². The van der Waals surface area contributed by atoms with Crippen molar-refractivity contribution in [2.45, 2.75) is 62.4 Å². The fourth-order valence-corrected chi connectivity index (χ4v) is 8.66. The maximum atomic E-state index is 6.54. The van der Waals surface area contributed by atoms with Crippen molar-refractivity contribution in [2.75, 3.05) is 11.5 Å². The maximum absolute atomic E-state index is 6.54. The van der Waals surface area contributed by atoms with Crippen LogP contribution in [0.4, 0.5) is 0 Å². The third-order valence-electron chi connectivity index (χ3n) is 3.84. The van der Waals surface area contributed by atoms with Crippen LogP contribution in [0.25, 0.3) is 0 Å². The van der Waals surface area contributed by atoms with Crippen LogP contribution >= 0.6 is 23.5 Å². The van der Waals surface area contributed by atoms with Crippen molar-refractivity contribution in [1.29, 1.82) is 0 Å². The van der Waals surface area contributed by atoms with E-state index in [4.69, 9.17) is 4.43 Å². The van der Waals surface area contributed by atoms with E-state index in [1.807, 2.05) is 0 Å². The smallest absolute Gasteiger partial charge is 0.184 e. The molecule has 1 saturated heterocycles. The van der Waals surface area contributed by atoms with E-state index in [0.29, 0.717) is 10.00 Å². The van der Waals surface area contributed by atoms with E-state index in [0.717, 1.165) is 0 Å². The first-order valence-electron chi connectivity index (χ1n) is 6.73. The van der Waals surface area contributed by atoms with Crippen molar-refractivity contribution in [3.05, 3.63) is 0 Å². The zero-order valence-corrected chi connectivity index (χ0v) is 14.5. The molecule has 17 heavy (non-hydrogen) atoms. The minimum Gasteiger partial charge on any atom is -0.412 e. The molecule has 1 nitrogen and oxygen atoms in total. The van der Waals surface area contributed by atoms with Gasteiger partial charge in [0.1, 0.15) is 0 Å². The van der Waals surface area contributed by atoms with Crippen LogP contribution in [-0.2, 0) is 4.43 Å². The molecule has 0 aromatic carbocycles. The van der Waals surface area contributed by atoms with Crippen LogP contribution in [0.3, 0.4) is 0 Å². The van der Waals surface area contributed by atoms with Crippen LogP contribution in [0.15, 0.2) is 0 Å². The molecule has 2 atom stereocenters. The zero-order chi connectivity index (χ0) is 12.7. The van der Waals surface area contributed by atoms with E-state index in [2.05, 4.69) is 57.0 Å². The van der Waals surface area contributed by atoms with E-state index < -0.39 is 8.32 Å². The van der Waals surface area contributed by atoms with Crippen molar-refractivity contribution in [1.82, 2.24) is 0 Å². The lowest BCUT2D eigenvalue weighted by Crippen LogP contribution is -2.43. The Balaban J connectivity index is 2.10. The maximum Gasteiger partial charge on any atom is 0.184 e. The van der Waals surface area contributed by atoms with Gasteiger partial charge in [0.2, 0.25) is 0 Å². The van der Waals surface area contributed by atoms with E-state index in [9.17, 15) is 0 Å². The summed E-state index contributed by atoms with van der Waals surface area (Å²) in [4.78, 5) is 0. The predicted octanol–water partition coefficient (Wildman–Crippen LogP) is 4.59. The van der Waals surface area contributed by atoms with Crippen LogP contribution in [-0.4, -0.2) is 29.5 Å². The first-order chi connectivity index (χ1) is 7.75. The summed E-state index contributed by atoms with van der Waals surface area (Å²) in [5.41, 5.74) is 0.127. The summed E-state index contributed by atoms with van der Waals surface area (Å²) >= 11 is 4.41. The molecule has 2 fully saturated rings. The lowest BCUT2D eigenvalue weighted by molar-refractivity contribution is 0.0478. The van der Waals surface area contributed by atoms with Crippen molar-refractivity contribution in [3.63, 3.8) is 0 Å². The molecule has 1 spiro atoms. The van der Waals surface area contributed by atoms with Gasteiger partial charge < -0.3 is 4.43 Å². The Bertz CT molecular complexity index is 284. The van der Waals surface area contributed by atoms with Gasteiger partial charge >= 0.3 is 0 Å². The Hall–Kier alpha value is 0.877. The topological polar surface area (TPSA) is 9.23 Å². The second-order valence-electron chi connectivity index (χ2n) is 6.77. The summed E-state index contributed by atoms with van der Waals surface area (Å²) in [5.74, 6) is 3.40. The number of hydrogen-bond acceptors (Lipinski definition) is 3. The van der Waals surface area contributed by atoms with Gasteiger partial charge in [0, 0.05) is 0 Å². The van der Waals surface area contributed by atoms with Gasteiger partial charge in [0.05, 0.1) is 9.68 Å². The van der Waals surface area contributed by atoms with E-state index in [1.54, 1.807) is 0 Å². The molecule has 100 valence electrons. The van der Waals surface area contributed by atoms with Crippen LogP contribution in [0.5, 0.6) is 0 Å². The third kappa shape index (κ3) is 3.25. The van der Waals surface area contributed by atoms with Crippen molar-refractivity contribution in [2.24, 2.45) is 5.92 Å². The van der Waals surface area contributed by atoms with Gasteiger partial charge in [-0.1, -0.05) is 6.92 Å². The molecule has 1 aliphatic heterocycles. The second-order valence-corrected chi connectivity index (χ2v) is 14.4. The molecule has 0 amide bonds. The minimum atomic E-state index is -1.44. The fourth-order valence-electron chi connectivity index (χ4n) is 3.14. The second kappa shape index (κ2) is 4.77. The highest BCUT2D eigenvalue weighted by Crippen LogP contribution is 2.59. The molecular formula is C13H26OS2Si. The first kappa shape index (κ1) is 14.3. The van der Waals surface area contributed by atoms with E-state index in [1.165, 1.54) is 30.8 Å². The molecule has 0 aromatic rings. The molecule has 0 unspecified atom stereocenters. The van der Waals surface area contributed by atoms with Gasteiger partial charge in [-0.15, -0.1) is 23.5 Å². The molecule has 2 rings (SSSR count). The normalized spacial score (nSPS) is 37.6. The third-order valence-corrected chi connectivity index (χ3v) is 8.28. The minimum absolute atomic E-state index is 0.127. The van der Waals surface area contributed by atoms with Crippen molar-refractivity contribution < 1.29 is 4.43 Å². The highest BCUT2D eigenvalue weighted by Gasteiger charge is 2.53. The fraction of sp³-hybridized carbons (Fsp3) is 1.00. The highest BCUT2D eigenvalue weighted by molar-refractivity contribution is 8.18. The Morgan fingerprint density at radius 1 is 1.18 bits per heavy atom. The molecule has 0 bridgehead atoms. The van der Waals surface area contributed by atoms with Gasteiger partial charge in [-0.3, -0.25) is 0 Å². The molecule has 4 heteroatoms. The molecule has 0 N–H and O–H groups in total. The quantitative estimate of drug-likeness (QED) is 0.688. The molecule has 1 heterocycles. The molecule has 0 radical (unpaired) electrons. The molecule has 1 saturated carbocycles. The SMILES string of the molecule is C[C@@H]1CC2(C[C@]1(C)O[Si](C)(C)C)SCCCS2. The van der Waals surface area contributed by atoms with Crippen LogP contribution in [0, 0.1) is 5.92 Å². The molecule has 1 aliphatic carbocycles. The Morgan fingerprint density at radius 3 is 2.29 bits per heavy atom. The monoisotopic (exact) mass is 290 g/mol. The van der Waals surface area contributed by atoms with Gasteiger partial charge in [-0.2, -0.15) is 0 Å². The summed E-state index contributed by atoms with van der Waals surface area (Å²) in [6, 6.07) is 0. The van der Waals surface area contributed by atoms with Gasteiger partial charge in [-0.05, 0) is 63.3 Å². The molecular weight excluding hydrogens is 264 g/mol. The molecule has 2 aliphatic rings. The van der Waals surface area contributed by atoms with Gasteiger partial charge in [0.15, 0.2) is 8.32 Å². The lowest BCUT2D eigenvalue weighted by atomic mass is 9.95. The largest absolute Gasteiger partial charge is 0.412 e. The summed E-state index contributed by atoms with van der Waals surface area (Å²) in [6.07, 6.45) is 3.97. The van der Waals surface area contributed by atoms with Crippen LogP contribution in [0.1, 0.15) is 33.1 Å². The number of hydrogen-bond donors (Lipinski definition) is 0. The summed E-state index contributed by atoms with van der Waals surface area (Å²) in [7, 11) is -1.44. The average Bonchev–Trinajstić information content (AvgIpc) is 2.35. The van der Waals surface area contributed by atoms with Crippen LogP contribution in [0.2, 0.25) is 19.6 Å². The standard InChI is InChI=1S/C13H26OS2Si/c1-11-9-13(15-7-6-8-16-13)10-12(11,2)14-17(3,4)5/h11H,6-10H2,1-5H3/t11-,12+/m1/s1. The first-order valence-corrected chi connectivity index (χ1v) is 12.1. The summed E-state index contributed by atoms with van der Waals surface area (Å²) in [6.45, 7) is 11.7. The van der Waals surface area contributed by atoms with Crippen molar-refractivity contribution >= 4 is 31.8 Å². The Labute approximate surface area is 116 Å². The van der Waals surface area contributed by atoms with Gasteiger partial charge in [0.25, 0.3) is 0 Å². The number of thioether (sulfide) groups is 2. The Morgan fingerprint density at radius 2 is 1.76 bits per heavy atom. The zero-order valence-electron chi connectivity index (χ0n) is 11.8. The molecule has 0 aromatic heterocycles. The summed E-state index contributed by atoms with van der Waals surface area (Å²) in [5, 5.41) is 0. The summed E-state index contributed by atoms with van der Waals surface area (Å²) < 4.78 is 7.02. The van der Waals surface area contributed by atoms with E-state index in [-0.39, 0.29) is 5.60 Å². The Kier molecular flexibility index (Phi) is 4.01. The number of rotatable bonds is 2. The highest BCUT2D eigenvalue weighted by atomic mass is 32.2. The average molecular weight is 291 g/mol. The van der Waals surface area contributed by atoms with Gasteiger partial charge in [-0.25, -0.2) is 0 Å². The van der Waals surface area contributed by atoms with Crippen molar-refractivity contribution in [3.8, 4) is 0 Å².